The number of halogens is 2. The molecule has 3 aromatic rings. The van der Waals surface area contributed by atoms with E-state index >= 15 is 0 Å². The van der Waals surface area contributed by atoms with Crippen molar-refractivity contribution >= 4 is 46.5 Å². The molecule has 0 spiro atoms. The monoisotopic (exact) mass is 553 g/mol. The van der Waals surface area contributed by atoms with Crippen LogP contribution in [0.4, 0.5) is 16.2 Å². The molecule has 2 N–H and O–H groups in total. The number of carbonyl (C=O) groups is 2. The molecule has 2 aliphatic rings. The van der Waals surface area contributed by atoms with E-state index in [1.807, 2.05) is 36.2 Å². The van der Waals surface area contributed by atoms with Crippen molar-refractivity contribution in [3.8, 4) is 5.75 Å². The Labute approximate surface area is 231 Å². The van der Waals surface area contributed by atoms with Crippen LogP contribution >= 0.6 is 23.2 Å². The molecule has 0 saturated carbocycles. The van der Waals surface area contributed by atoms with Gasteiger partial charge in [0.15, 0.2) is 0 Å². The number of piperidine rings is 1. The van der Waals surface area contributed by atoms with Gasteiger partial charge in [0.1, 0.15) is 5.75 Å². The van der Waals surface area contributed by atoms with Crippen molar-refractivity contribution in [2.24, 2.45) is 0 Å². The number of aromatic nitrogens is 1. The van der Waals surface area contributed by atoms with Gasteiger partial charge in [-0.3, -0.25) is 9.78 Å². The van der Waals surface area contributed by atoms with Crippen LogP contribution in [0.2, 0.25) is 10.0 Å². The normalized spacial score (nSPS) is 17.2. The number of anilines is 2. The summed E-state index contributed by atoms with van der Waals surface area (Å²) in [6.45, 7) is 2.21. The van der Waals surface area contributed by atoms with E-state index in [4.69, 9.17) is 27.9 Å². The van der Waals surface area contributed by atoms with E-state index in [0.717, 1.165) is 37.2 Å². The molecule has 1 fully saturated rings. The lowest BCUT2D eigenvalue weighted by molar-refractivity contribution is 0.0709. The summed E-state index contributed by atoms with van der Waals surface area (Å²) in [7, 11) is 1.86. The van der Waals surface area contributed by atoms with Crippen molar-refractivity contribution in [3.63, 3.8) is 0 Å². The summed E-state index contributed by atoms with van der Waals surface area (Å²) in [5.41, 5.74) is 2.92. The van der Waals surface area contributed by atoms with Crippen molar-refractivity contribution in [1.82, 2.24) is 15.2 Å². The molecular weight excluding hydrogens is 525 g/mol. The van der Waals surface area contributed by atoms with Gasteiger partial charge in [0.2, 0.25) is 0 Å². The second kappa shape index (κ2) is 11.5. The van der Waals surface area contributed by atoms with E-state index in [1.54, 1.807) is 36.7 Å². The molecule has 1 atom stereocenters. The van der Waals surface area contributed by atoms with Crippen molar-refractivity contribution in [3.05, 3.63) is 82.1 Å². The van der Waals surface area contributed by atoms with Gasteiger partial charge in [0, 0.05) is 61.8 Å². The second-order valence-corrected chi connectivity index (χ2v) is 10.3. The summed E-state index contributed by atoms with van der Waals surface area (Å²) in [5, 5.41) is 6.37. The summed E-state index contributed by atoms with van der Waals surface area (Å²) >= 11 is 12.3. The lowest BCUT2D eigenvalue weighted by Crippen LogP contribution is -2.45. The number of benzene rings is 2. The Hall–Kier alpha value is -3.49. The number of urea groups is 1. The van der Waals surface area contributed by atoms with Gasteiger partial charge >= 0.3 is 6.03 Å². The molecule has 1 unspecified atom stereocenters. The maximum absolute atomic E-state index is 13.5. The summed E-state index contributed by atoms with van der Waals surface area (Å²) in [4.78, 5) is 34.5. The third kappa shape index (κ3) is 5.66. The highest BCUT2D eigenvalue weighted by atomic mass is 35.5. The predicted octanol–water partition coefficient (Wildman–Crippen LogP) is 5.77. The molecule has 8 nitrogen and oxygen atoms in total. The van der Waals surface area contributed by atoms with Crippen molar-refractivity contribution in [2.45, 2.75) is 31.3 Å². The average molecular weight is 554 g/mol. The zero-order valence-corrected chi connectivity index (χ0v) is 22.5. The maximum atomic E-state index is 13.5. The molecule has 3 amide bonds. The van der Waals surface area contributed by atoms with E-state index in [9.17, 15) is 9.59 Å². The number of ether oxygens (including phenoxy) is 1. The Morgan fingerprint density at radius 2 is 1.82 bits per heavy atom. The number of hydrogen-bond acceptors (Lipinski definition) is 5. The first-order valence-corrected chi connectivity index (χ1v) is 13.4. The van der Waals surface area contributed by atoms with Gasteiger partial charge in [0.25, 0.3) is 5.91 Å². The summed E-state index contributed by atoms with van der Waals surface area (Å²) in [6.07, 6.45) is 5.94. The maximum Gasteiger partial charge on any atom is 0.319 e. The smallest absolute Gasteiger partial charge is 0.319 e. The van der Waals surface area contributed by atoms with Crippen LogP contribution < -0.4 is 20.3 Å². The van der Waals surface area contributed by atoms with Gasteiger partial charge in [-0.15, -0.1) is 0 Å². The molecule has 10 heteroatoms. The zero-order valence-electron chi connectivity index (χ0n) is 21.0. The Kier molecular flexibility index (Phi) is 7.90. The zero-order chi connectivity index (χ0) is 26.6. The van der Waals surface area contributed by atoms with E-state index in [0.29, 0.717) is 35.1 Å². The summed E-state index contributed by atoms with van der Waals surface area (Å²) in [6, 6.07) is 13.9. The van der Waals surface area contributed by atoms with Crippen LogP contribution in [0.5, 0.6) is 5.75 Å². The number of fused-ring (bicyclic) bond motifs is 1. The van der Waals surface area contributed by atoms with E-state index in [-0.39, 0.29) is 23.0 Å². The summed E-state index contributed by atoms with van der Waals surface area (Å²) in [5.74, 6) is 0.613. The van der Waals surface area contributed by atoms with Crippen LogP contribution in [-0.2, 0) is 0 Å². The van der Waals surface area contributed by atoms with E-state index in [1.165, 1.54) is 0 Å². The van der Waals surface area contributed by atoms with E-state index < -0.39 is 6.03 Å². The number of carbonyl (C=O) groups excluding carboxylic acids is 2. The number of nitrogens with zero attached hydrogens (tertiary/aromatic N) is 3. The van der Waals surface area contributed by atoms with Crippen molar-refractivity contribution in [1.29, 1.82) is 0 Å². The minimum atomic E-state index is -0.415. The standard InChI is InChI=1S/C28H29Cl2N5O3/c1-34(19-9-14-35(15-10-19)20-7-12-31-13-8-20)27(36)18-5-6-25-21(17-18)23(11-16-38-25)32-28(37)33-24-4-2-3-22(29)26(24)30/h2-8,12-13,17,19,23H,9-11,14-16H2,1H3,(H2,32,33,37). The number of amides is 3. The fourth-order valence-electron chi connectivity index (χ4n) is 5.03. The Balaban J connectivity index is 1.25. The number of hydrogen-bond donors (Lipinski definition) is 2. The first-order valence-electron chi connectivity index (χ1n) is 12.6. The van der Waals surface area contributed by atoms with Crippen molar-refractivity contribution < 1.29 is 14.3 Å². The molecule has 0 bridgehead atoms. The molecular formula is C28H29Cl2N5O3. The van der Waals surface area contributed by atoms with Crippen LogP contribution in [0, 0.1) is 0 Å². The highest BCUT2D eigenvalue weighted by molar-refractivity contribution is 6.43. The molecule has 5 rings (SSSR count). The quantitative estimate of drug-likeness (QED) is 0.418. The fraction of sp³-hybridized carbons (Fsp3) is 0.321. The molecule has 38 heavy (non-hydrogen) atoms. The topological polar surface area (TPSA) is 86.8 Å². The van der Waals surface area contributed by atoms with Crippen molar-refractivity contribution in [2.75, 3.05) is 37.0 Å². The van der Waals surface area contributed by atoms with Crippen LogP contribution in [0.15, 0.2) is 60.9 Å². The first-order chi connectivity index (χ1) is 18.4. The van der Waals surface area contributed by atoms with Gasteiger partial charge < -0.3 is 25.2 Å². The molecule has 3 heterocycles. The highest BCUT2D eigenvalue weighted by Crippen LogP contribution is 2.34. The minimum Gasteiger partial charge on any atom is -0.493 e. The third-order valence-corrected chi connectivity index (χ3v) is 7.98. The van der Waals surface area contributed by atoms with E-state index in [2.05, 4.69) is 20.5 Å². The van der Waals surface area contributed by atoms with Gasteiger partial charge in [-0.05, 0) is 55.3 Å². The molecule has 198 valence electrons. The second-order valence-electron chi connectivity index (χ2n) is 9.48. The Bertz CT molecular complexity index is 1320. The first kappa shape index (κ1) is 26.1. The molecule has 1 saturated heterocycles. The number of rotatable bonds is 5. The average Bonchev–Trinajstić information content (AvgIpc) is 2.95. The summed E-state index contributed by atoms with van der Waals surface area (Å²) < 4.78 is 5.81. The minimum absolute atomic E-state index is 0.0466. The van der Waals surface area contributed by atoms with Gasteiger partial charge in [-0.1, -0.05) is 29.3 Å². The fourth-order valence-corrected chi connectivity index (χ4v) is 5.38. The van der Waals surface area contributed by atoms with Crippen LogP contribution in [0.25, 0.3) is 0 Å². The predicted molar refractivity (Wildman–Crippen MR) is 149 cm³/mol. The lowest BCUT2D eigenvalue weighted by Gasteiger charge is -2.38. The molecule has 0 radical (unpaired) electrons. The Morgan fingerprint density at radius 1 is 1.05 bits per heavy atom. The number of pyridine rings is 1. The molecule has 2 aliphatic heterocycles. The number of nitrogens with one attached hydrogen (secondary N) is 2. The van der Waals surface area contributed by atoms with Crippen LogP contribution in [0.3, 0.4) is 0 Å². The lowest BCUT2D eigenvalue weighted by atomic mass is 9.97. The molecule has 0 aliphatic carbocycles. The Morgan fingerprint density at radius 3 is 2.58 bits per heavy atom. The molecule has 1 aromatic heterocycles. The molecule has 2 aromatic carbocycles. The largest absolute Gasteiger partial charge is 0.493 e. The van der Waals surface area contributed by atoms with Gasteiger partial charge in [0.05, 0.1) is 28.4 Å². The highest BCUT2D eigenvalue weighted by Gasteiger charge is 2.29. The van der Waals surface area contributed by atoms with Crippen LogP contribution in [-0.4, -0.2) is 54.6 Å². The van der Waals surface area contributed by atoms with Crippen LogP contribution in [0.1, 0.15) is 41.2 Å². The van der Waals surface area contributed by atoms with Gasteiger partial charge in [-0.25, -0.2) is 4.79 Å². The SMILES string of the molecule is CN(C(=O)c1ccc2c(c1)C(NC(=O)Nc1cccc(Cl)c1Cl)CCO2)C1CCN(c2ccncc2)CC1. The van der Waals surface area contributed by atoms with Gasteiger partial charge in [-0.2, -0.15) is 0 Å². The third-order valence-electron chi connectivity index (χ3n) is 7.16.